The van der Waals surface area contributed by atoms with Crippen molar-refractivity contribution in [2.75, 3.05) is 6.26 Å². The third-order valence-electron chi connectivity index (χ3n) is 6.35. The highest BCUT2D eigenvalue weighted by Gasteiger charge is 2.28. The Morgan fingerprint density at radius 3 is 2.59 bits per heavy atom. The molecular formula is C28H25ClN2O5S. The fraction of sp³-hybridized carbons (Fsp3) is 0.179. The number of hydrogen-bond acceptors (Lipinski definition) is 5. The number of nitrogens with one attached hydrogen (secondary N) is 1. The van der Waals surface area contributed by atoms with Gasteiger partial charge >= 0.3 is 5.97 Å². The van der Waals surface area contributed by atoms with Gasteiger partial charge in [0, 0.05) is 18.1 Å². The molecule has 1 heterocycles. The molecule has 37 heavy (non-hydrogen) atoms. The summed E-state index contributed by atoms with van der Waals surface area (Å²) in [6.07, 6.45) is 11.8. The average Bonchev–Trinajstić information content (AvgIpc) is 2.87. The minimum atomic E-state index is -3.50. The minimum absolute atomic E-state index is 0.0155. The summed E-state index contributed by atoms with van der Waals surface area (Å²) in [7, 11) is -3.50. The molecule has 9 heteroatoms. The van der Waals surface area contributed by atoms with Gasteiger partial charge in [-0.1, -0.05) is 54.1 Å². The number of fused-ring (bicyclic) bond motifs is 1. The first-order valence-corrected chi connectivity index (χ1v) is 13.7. The van der Waals surface area contributed by atoms with E-state index >= 15 is 0 Å². The van der Waals surface area contributed by atoms with Crippen LogP contribution in [0.2, 0.25) is 5.02 Å². The Balaban J connectivity index is 1.54. The Morgan fingerprint density at radius 1 is 1.19 bits per heavy atom. The summed E-state index contributed by atoms with van der Waals surface area (Å²) in [5.41, 5.74) is 1.95. The zero-order valence-electron chi connectivity index (χ0n) is 20.0. The van der Waals surface area contributed by atoms with Crippen LogP contribution in [0.5, 0.6) is 0 Å². The lowest BCUT2D eigenvalue weighted by Gasteiger charge is -2.27. The van der Waals surface area contributed by atoms with Crippen molar-refractivity contribution >= 4 is 44.2 Å². The molecule has 0 radical (unpaired) electrons. The van der Waals surface area contributed by atoms with E-state index in [9.17, 15) is 23.1 Å². The van der Waals surface area contributed by atoms with Gasteiger partial charge in [-0.3, -0.25) is 9.78 Å². The van der Waals surface area contributed by atoms with Crippen LogP contribution in [-0.2, 0) is 26.5 Å². The standard InChI is InChI=1S/C28H25ClN2O5S/c1-3-28(13-5-4-6-14-28)25-12-8-19-15-18(7-11-23(19)30-25)16-24(27(33)34)31-26(32)21-10-9-20(17-22(21)29)37(2,35)36/h3-13,15,17,24H,1,14,16H2,2H3,(H,31,32)(H,33,34). The number of amides is 1. The third-order valence-corrected chi connectivity index (χ3v) is 7.77. The summed E-state index contributed by atoms with van der Waals surface area (Å²) in [6, 6.07) is 11.8. The Bertz CT molecular complexity index is 1580. The average molecular weight is 537 g/mol. The van der Waals surface area contributed by atoms with Gasteiger partial charge in [-0.15, -0.1) is 6.58 Å². The van der Waals surface area contributed by atoms with Crippen LogP contribution in [0.4, 0.5) is 0 Å². The fourth-order valence-corrected chi connectivity index (χ4v) is 5.20. The zero-order valence-corrected chi connectivity index (χ0v) is 21.6. The molecule has 3 aromatic rings. The van der Waals surface area contributed by atoms with Gasteiger partial charge in [0.05, 0.1) is 32.1 Å². The number of carbonyl (C=O) groups excluding carboxylic acids is 1. The molecule has 2 N–H and O–H groups in total. The Morgan fingerprint density at radius 2 is 1.97 bits per heavy atom. The molecule has 190 valence electrons. The molecule has 0 fully saturated rings. The van der Waals surface area contributed by atoms with Gasteiger partial charge in [0.15, 0.2) is 9.84 Å². The van der Waals surface area contributed by atoms with Crippen LogP contribution < -0.4 is 5.32 Å². The molecule has 4 rings (SSSR count). The second kappa shape index (κ2) is 10.3. The van der Waals surface area contributed by atoms with Crippen molar-refractivity contribution in [2.45, 2.75) is 29.2 Å². The van der Waals surface area contributed by atoms with E-state index in [4.69, 9.17) is 16.6 Å². The van der Waals surface area contributed by atoms with Crippen LogP contribution in [0.3, 0.4) is 0 Å². The van der Waals surface area contributed by atoms with Crippen molar-refractivity contribution in [2.24, 2.45) is 0 Å². The van der Waals surface area contributed by atoms with Crippen molar-refractivity contribution in [3.63, 3.8) is 0 Å². The van der Waals surface area contributed by atoms with Crippen molar-refractivity contribution < 1.29 is 23.1 Å². The number of carboxylic acids is 1. The molecule has 2 atom stereocenters. The smallest absolute Gasteiger partial charge is 0.326 e. The number of rotatable bonds is 8. The molecule has 0 aliphatic heterocycles. The van der Waals surface area contributed by atoms with Gasteiger partial charge in [0.1, 0.15) is 6.04 Å². The van der Waals surface area contributed by atoms with Crippen molar-refractivity contribution in [3.05, 3.63) is 107 Å². The summed E-state index contributed by atoms with van der Waals surface area (Å²) in [6.45, 7) is 3.99. The monoisotopic (exact) mass is 536 g/mol. The lowest BCUT2D eigenvalue weighted by molar-refractivity contribution is -0.139. The Labute approximate surface area is 220 Å². The Hall–Kier alpha value is -3.75. The second-order valence-corrected chi connectivity index (χ2v) is 11.4. The van der Waals surface area contributed by atoms with Gasteiger partial charge in [0.2, 0.25) is 0 Å². The summed E-state index contributed by atoms with van der Waals surface area (Å²) in [5, 5.41) is 13.0. The number of aliphatic carboxylic acids is 1. The van der Waals surface area contributed by atoms with E-state index in [0.717, 1.165) is 29.3 Å². The molecular weight excluding hydrogens is 512 g/mol. The number of carboxylic acid groups (broad SMARTS) is 1. The predicted molar refractivity (Wildman–Crippen MR) is 144 cm³/mol. The molecule has 2 unspecified atom stereocenters. The van der Waals surface area contributed by atoms with Crippen LogP contribution in [0.25, 0.3) is 10.9 Å². The molecule has 0 saturated heterocycles. The van der Waals surface area contributed by atoms with Crippen LogP contribution in [0.1, 0.15) is 28.0 Å². The lowest BCUT2D eigenvalue weighted by atomic mass is 9.78. The van der Waals surface area contributed by atoms with E-state index in [1.165, 1.54) is 18.2 Å². The maximum absolute atomic E-state index is 12.8. The number of hydrogen-bond donors (Lipinski definition) is 2. The van der Waals surface area contributed by atoms with Crippen molar-refractivity contribution in [3.8, 4) is 0 Å². The maximum Gasteiger partial charge on any atom is 0.326 e. The van der Waals surface area contributed by atoms with Gasteiger partial charge in [-0.2, -0.15) is 0 Å². The van der Waals surface area contributed by atoms with Crippen LogP contribution in [-0.4, -0.2) is 42.7 Å². The van der Waals surface area contributed by atoms with Gasteiger partial charge in [-0.05, 0) is 48.4 Å². The summed E-state index contributed by atoms with van der Waals surface area (Å²) >= 11 is 6.11. The number of aromatic nitrogens is 1. The van der Waals surface area contributed by atoms with E-state index in [1.54, 1.807) is 6.07 Å². The maximum atomic E-state index is 12.8. The van der Waals surface area contributed by atoms with Gasteiger partial charge in [0.25, 0.3) is 5.91 Å². The highest BCUT2D eigenvalue weighted by Crippen LogP contribution is 2.33. The number of benzene rings is 2. The summed E-state index contributed by atoms with van der Waals surface area (Å²) < 4.78 is 23.4. The first kappa shape index (κ1) is 26.3. The largest absolute Gasteiger partial charge is 0.480 e. The number of halogens is 1. The summed E-state index contributed by atoms with van der Waals surface area (Å²) in [5.74, 6) is -1.93. The quantitative estimate of drug-likeness (QED) is 0.405. The number of nitrogens with zero attached hydrogens (tertiary/aromatic N) is 1. The van der Waals surface area contributed by atoms with Gasteiger partial charge in [-0.25, -0.2) is 13.2 Å². The molecule has 0 bridgehead atoms. The van der Waals surface area contributed by atoms with Crippen molar-refractivity contribution in [1.29, 1.82) is 0 Å². The van der Waals surface area contributed by atoms with E-state index in [-0.39, 0.29) is 27.3 Å². The highest BCUT2D eigenvalue weighted by atomic mass is 35.5. The van der Waals surface area contributed by atoms with Crippen LogP contribution >= 0.6 is 11.6 Å². The molecule has 7 nitrogen and oxygen atoms in total. The van der Waals surface area contributed by atoms with Crippen LogP contribution in [0.15, 0.2) is 90.4 Å². The van der Waals surface area contributed by atoms with E-state index in [0.29, 0.717) is 5.56 Å². The molecule has 0 saturated carbocycles. The van der Waals surface area contributed by atoms with Gasteiger partial charge < -0.3 is 10.4 Å². The number of allylic oxidation sites excluding steroid dienone is 5. The lowest BCUT2D eigenvalue weighted by Crippen LogP contribution is -2.42. The fourth-order valence-electron chi connectivity index (χ4n) is 4.23. The molecule has 1 amide bonds. The van der Waals surface area contributed by atoms with Crippen molar-refractivity contribution in [1.82, 2.24) is 10.3 Å². The van der Waals surface area contributed by atoms with E-state index in [2.05, 4.69) is 24.0 Å². The van der Waals surface area contributed by atoms with E-state index in [1.807, 2.05) is 42.5 Å². The Kier molecular flexibility index (Phi) is 7.34. The molecule has 1 aliphatic rings. The normalized spacial score (nSPS) is 17.9. The molecule has 1 aliphatic carbocycles. The highest BCUT2D eigenvalue weighted by molar-refractivity contribution is 7.90. The SMILES string of the molecule is C=CC1(c2ccc3cc(CC(NC(=O)c4ccc(S(C)(=O)=O)cc4Cl)C(=O)O)ccc3n2)C=CC=CC1. The first-order valence-electron chi connectivity index (χ1n) is 11.4. The molecule has 0 spiro atoms. The van der Waals surface area contributed by atoms with E-state index < -0.39 is 27.8 Å². The minimum Gasteiger partial charge on any atom is -0.480 e. The number of carbonyl (C=O) groups is 2. The third kappa shape index (κ3) is 5.65. The number of pyridine rings is 1. The van der Waals surface area contributed by atoms with Crippen LogP contribution in [0, 0.1) is 0 Å². The second-order valence-electron chi connectivity index (χ2n) is 8.94. The zero-order chi connectivity index (χ0) is 26.8. The first-order chi connectivity index (χ1) is 17.5. The molecule has 2 aromatic carbocycles. The topological polar surface area (TPSA) is 113 Å². The number of sulfone groups is 1. The predicted octanol–water partition coefficient (Wildman–Crippen LogP) is 4.66. The molecule has 1 aromatic heterocycles. The summed E-state index contributed by atoms with van der Waals surface area (Å²) in [4.78, 5) is 29.5.